The van der Waals surface area contributed by atoms with Crippen LogP contribution in [0.15, 0.2) is 41.3 Å². The minimum Gasteiger partial charge on any atom is -0.378 e. The maximum atomic E-state index is 12.3. The predicted molar refractivity (Wildman–Crippen MR) is 112 cm³/mol. The Bertz CT molecular complexity index is 1070. The van der Waals surface area contributed by atoms with Crippen LogP contribution >= 0.6 is 11.6 Å². The van der Waals surface area contributed by atoms with Crippen molar-refractivity contribution in [3.63, 3.8) is 0 Å². The van der Waals surface area contributed by atoms with Crippen LogP contribution in [0.2, 0.25) is 5.02 Å². The third-order valence-electron chi connectivity index (χ3n) is 4.93. The van der Waals surface area contributed by atoms with E-state index in [1.54, 1.807) is 6.07 Å². The van der Waals surface area contributed by atoms with Gasteiger partial charge in [0.1, 0.15) is 12.4 Å². The third kappa shape index (κ3) is 4.60. The van der Waals surface area contributed by atoms with Crippen molar-refractivity contribution in [3.05, 3.63) is 57.5 Å². The van der Waals surface area contributed by atoms with Crippen molar-refractivity contribution >= 4 is 34.2 Å². The van der Waals surface area contributed by atoms with Crippen molar-refractivity contribution in [1.29, 1.82) is 0 Å². The van der Waals surface area contributed by atoms with Crippen LogP contribution < -0.4 is 15.8 Å². The molecule has 9 heteroatoms. The van der Waals surface area contributed by atoms with Crippen LogP contribution in [-0.4, -0.2) is 53.5 Å². The SMILES string of the molecule is O=C(Cn1nc(N2CCOCC2)ccc1=O)NCCc1c[nH]c2ccc(Cl)cc12. The van der Waals surface area contributed by atoms with Gasteiger partial charge in [-0.3, -0.25) is 9.59 Å². The van der Waals surface area contributed by atoms with Gasteiger partial charge in [-0.1, -0.05) is 11.6 Å². The monoisotopic (exact) mass is 415 g/mol. The van der Waals surface area contributed by atoms with E-state index in [0.29, 0.717) is 50.1 Å². The number of ether oxygens (including phenoxy) is 1. The molecule has 0 bridgehead atoms. The first kappa shape index (κ1) is 19.5. The summed E-state index contributed by atoms with van der Waals surface area (Å²) in [7, 11) is 0. The number of aromatic nitrogens is 3. The molecular weight excluding hydrogens is 394 g/mol. The highest BCUT2D eigenvalue weighted by Crippen LogP contribution is 2.22. The van der Waals surface area contributed by atoms with Crippen LogP contribution in [-0.2, 0) is 22.5 Å². The molecule has 0 atom stereocenters. The van der Waals surface area contributed by atoms with Crippen molar-refractivity contribution in [2.45, 2.75) is 13.0 Å². The molecule has 2 aromatic heterocycles. The Labute approximate surface area is 172 Å². The number of carbonyl (C=O) groups is 1. The summed E-state index contributed by atoms with van der Waals surface area (Å²) in [6, 6.07) is 8.80. The normalized spacial score (nSPS) is 14.3. The Morgan fingerprint density at radius 2 is 2.07 bits per heavy atom. The summed E-state index contributed by atoms with van der Waals surface area (Å²) < 4.78 is 6.54. The van der Waals surface area contributed by atoms with Crippen molar-refractivity contribution in [2.24, 2.45) is 0 Å². The van der Waals surface area contributed by atoms with E-state index < -0.39 is 0 Å². The van der Waals surface area contributed by atoms with E-state index in [4.69, 9.17) is 16.3 Å². The van der Waals surface area contributed by atoms with E-state index in [1.807, 2.05) is 29.3 Å². The lowest BCUT2D eigenvalue weighted by Crippen LogP contribution is -2.39. The van der Waals surface area contributed by atoms with Crippen LogP contribution in [0.25, 0.3) is 10.9 Å². The number of amides is 1. The summed E-state index contributed by atoms with van der Waals surface area (Å²) >= 11 is 6.07. The van der Waals surface area contributed by atoms with Gasteiger partial charge in [0.05, 0.1) is 13.2 Å². The number of H-pyrrole nitrogens is 1. The Hall–Kier alpha value is -2.84. The van der Waals surface area contributed by atoms with Crippen LogP contribution in [0.5, 0.6) is 0 Å². The number of rotatable bonds is 6. The zero-order chi connectivity index (χ0) is 20.2. The van der Waals surface area contributed by atoms with Gasteiger partial charge in [0.2, 0.25) is 5.91 Å². The minimum absolute atomic E-state index is 0.114. The molecular formula is C20H22ClN5O3. The number of carbonyl (C=O) groups excluding carboxylic acids is 1. The van der Waals surface area contributed by atoms with Gasteiger partial charge in [0, 0.05) is 47.8 Å². The van der Waals surface area contributed by atoms with E-state index >= 15 is 0 Å². The molecule has 1 aromatic carbocycles. The topological polar surface area (TPSA) is 92.2 Å². The number of benzene rings is 1. The molecule has 2 N–H and O–H groups in total. The van der Waals surface area contributed by atoms with E-state index in [0.717, 1.165) is 16.5 Å². The van der Waals surface area contributed by atoms with E-state index in [-0.39, 0.29) is 18.0 Å². The fourth-order valence-electron chi connectivity index (χ4n) is 3.40. The quantitative estimate of drug-likeness (QED) is 0.637. The Morgan fingerprint density at radius 3 is 2.90 bits per heavy atom. The van der Waals surface area contributed by atoms with E-state index in [9.17, 15) is 9.59 Å². The van der Waals surface area contributed by atoms with Crippen LogP contribution in [0.1, 0.15) is 5.56 Å². The van der Waals surface area contributed by atoms with Gasteiger partial charge >= 0.3 is 0 Å². The van der Waals surface area contributed by atoms with Crippen molar-refractivity contribution in [1.82, 2.24) is 20.1 Å². The summed E-state index contributed by atoms with van der Waals surface area (Å²) in [5, 5.41) is 8.91. The molecule has 8 nitrogen and oxygen atoms in total. The summed E-state index contributed by atoms with van der Waals surface area (Å²) in [6.07, 6.45) is 2.58. The van der Waals surface area contributed by atoms with E-state index in [1.165, 1.54) is 10.7 Å². The highest BCUT2D eigenvalue weighted by atomic mass is 35.5. The first-order valence-corrected chi connectivity index (χ1v) is 9.91. The van der Waals surface area contributed by atoms with E-state index in [2.05, 4.69) is 15.4 Å². The largest absolute Gasteiger partial charge is 0.378 e. The molecule has 0 aliphatic carbocycles. The number of hydrogen-bond donors (Lipinski definition) is 2. The summed E-state index contributed by atoms with van der Waals surface area (Å²) in [6.45, 7) is 3.02. The number of hydrogen-bond acceptors (Lipinski definition) is 5. The van der Waals surface area contributed by atoms with Crippen molar-refractivity contribution in [3.8, 4) is 0 Å². The second kappa shape index (κ2) is 8.67. The van der Waals surface area contributed by atoms with Crippen LogP contribution in [0.3, 0.4) is 0 Å². The molecule has 0 unspecified atom stereocenters. The standard InChI is InChI=1S/C20H22ClN5O3/c21-15-1-2-17-16(11-15)14(12-23-17)5-6-22-19(27)13-26-20(28)4-3-18(24-26)25-7-9-29-10-8-25/h1-4,11-12,23H,5-10,13H2,(H,22,27). The summed E-state index contributed by atoms with van der Waals surface area (Å²) in [4.78, 5) is 29.7. The zero-order valence-corrected chi connectivity index (χ0v) is 16.6. The summed E-state index contributed by atoms with van der Waals surface area (Å²) in [5.41, 5.74) is 1.78. The Morgan fingerprint density at radius 1 is 1.24 bits per heavy atom. The summed E-state index contributed by atoms with van der Waals surface area (Å²) in [5.74, 6) is 0.424. The lowest BCUT2D eigenvalue weighted by molar-refractivity contribution is -0.121. The molecule has 3 heterocycles. The second-order valence-electron chi connectivity index (χ2n) is 6.89. The Kier molecular flexibility index (Phi) is 5.82. The number of halogens is 1. The van der Waals surface area contributed by atoms with Gasteiger partial charge in [-0.15, -0.1) is 0 Å². The minimum atomic E-state index is -0.302. The van der Waals surface area contributed by atoms with Gasteiger partial charge < -0.3 is 19.9 Å². The predicted octanol–water partition coefficient (Wildman–Crippen LogP) is 1.57. The number of nitrogens with one attached hydrogen (secondary N) is 2. The van der Waals surface area contributed by atoms with Gasteiger partial charge in [0.25, 0.3) is 5.56 Å². The van der Waals surface area contributed by atoms with Gasteiger partial charge in [0.15, 0.2) is 0 Å². The first-order valence-electron chi connectivity index (χ1n) is 9.53. The molecule has 1 aliphatic rings. The van der Waals surface area contributed by atoms with Crippen molar-refractivity contribution < 1.29 is 9.53 Å². The average molecular weight is 416 g/mol. The van der Waals surface area contributed by atoms with Crippen LogP contribution in [0, 0.1) is 0 Å². The number of fused-ring (bicyclic) bond motifs is 1. The maximum Gasteiger partial charge on any atom is 0.267 e. The molecule has 1 amide bonds. The first-order chi connectivity index (χ1) is 14.1. The maximum absolute atomic E-state index is 12.3. The zero-order valence-electron chi connectivity index (χ0n) is 15.9. The molecule has 1 fully saturated rings. The fraction of sp³-hybridized carbons (Fsp3) is 0.350. The number of anilines is 1. The second-order valence-corrected chi connectivity index (χ2v) is 7.33. The van der Waals surface area contributed by atoms with Gasteiger partial charge in [-0.25, -0.2) is 4.68 Å². The fourth-order valence-corrected chi connectivity index (χ4v) is 3.57. The molecule has 0 radical (unpaired) electrons. The molecule has 3 aromatic rings. The number of morpholine rings is 1. The highest BCUT2D eigenvalue weighted by molar-refractivity contribution is 6.31. The van der Waals surface area contributed by atoms with Gasteiger partial charge in [-0.2, -0.15) is 5.10 Å². The number of nitrogens with zero attached hydrogens (tertiary/aromatic N) is 3. The Balaban J connectivity index is 1.35. The molecule has 0 saturated carbocycles. The molecule has 1 aliphatic heterocycles. The number of aromatic amines is 1. The molecule has 4 rings (SSSR count). The molecule has 1 saturated heterocycles. The molecule has 0 spiro atoms. The van der Waals surface area contributed by atoms with Crippen molar-refractivity contribution in [2.75, 3.05) is 37.7 Å². The smallest absolute Gasteiger partial charge is 0.267 e. The lowest BCUT2D eigenvalue weighted by Gasteiger charge is -2.27. The molecule has 29 heavy (non-hydrogen) atoms. The third-order valence-corrected chi connectivity index (χ3v) is 5.16. The highest BCUT2D eigenvalue weighted by Gasteiger charge is 2.14. The lowest BCUT2D eigenvalue weighted by atomic mass is 10.1. The van der Waals surface area contributed by atoms with Crippen LogP contribution in [0.4, 0.5) is 5.82 Å². The average Bonchev–Trinajstić information content (AvgIpc) is 3.12. The molecule has 152 valence electrons. The van der Waals surface area contributed by atoms with Gasteiger partial charge in [-0.05, 0) is 36.2 Å².